The monoisotopic (exact) mass is 302 g/mol. The number of non-ortho nitro benzene ring substituents is 1. The quantitative estimate of drug-likeness (QED) is 0.568. The van der Waals surface area contributed by atoms with Crippen LogP contribution in [0.4, 0.5) is 11.6 Å². The Hall–Kier alpha value is -2.60. The molecule has 1 aromatic heterocycles. The van der Waals surface area contributed by atoms with Crippen molar-refractivity contribution in [1.29, 1.82) is 0 Å². The van der Waals surface area contributed by atoms with Crippen molar-refractivity contribution in [3.05, 3.63) is 63.2 Å². The van der Waals surface area contributed by atoms with Gasteiger partial charge in [0, 0.05) is 23.7 Å². The smallest absolute Gasteiger partial charge is 0.269 e. The zero-order chi connectivity index (χ0) is 14.8. The van der Waals surface area contributed by atoms with Gasteiger partial charge in [0.15, 0.2) is 0 Å². The second-order valence-electron chi connectivity index (χ2n) is 4.53. The number of H-pyrrole nitrogens is 1. The molecule has 0 aliphatic heterocycles. The summed E-state index contributed by atoms with van der Waals surface area (Å²) in [5.41, 5.74) is 2.53. The topological polar surface area (TPSA) is 83.8 Å². The number of rotatable bonds is 4. The van der Waals surface area contributed by atoms with Gasteiger partial charge in [-0.05, 0) is 23.8 Å². The number of hydrogen-bond donors (Lipinski definition) is 2. The van der Waals surface area contributed by atoms with Gasteiger partial charge < -0.3 is 10.3 Å². The molecule has 0 radical (unpaired) electrons. The summed E-state index contributed by atoms with van der Waals surface area (Å²) in [6.07, 6.45) is 0. The third-order valence-corrected chi connectivity index (χ3v) is 3.26. The van der Waals surface area contributed by atoms with Gasteiger partial charge in [-0.25, -0.2) is 4.98 Å². The van der Waals surface area contributed by atoms with Crippen LogP contribution in [0.5, 0.6) is 0 Å². The van der Waals surface area contributed by atoms with Gasteiger partial charge in [0.2, 0.25) is 5.95 Å². The van der Waals surface area contributed by atoms with Crippen LogP contribution in [0.1, 0.15) is 5.56 Å². The average molecular weight is 303 g/mol. The standard InChI is InChI=1S/C14H11ClN4O2/c15-10-4-5-12-13(7-10)18-14(17-12)16-8-9-2-1-3-11(6-9)19(20)21/h1-7H,8H2,(H2,16,17,18). The number of nitro groups is 1. The van der Waals surface area contributed by atoms with Crippen LogP contribution < -0.4 is 5.32 Å². The van der Waals surface area contributed by atoms with Crippen molar-refractivity contribution < 1.29 is 4.92 Å². The van der Waals surface area contributed by atoms with E-state index in [4.69, 9.17) is 11.6 Å². The number of halogens is 1. The van der Waals surface area contributed by atoms with Gasteiger partial charge in [0.25, 0.3) is 5.69 Å². The number of benzene rings is 2. The molecule has 0 saturated heterocycles. The Bertz CT molecular complexity index is 816. The normalized spacial score (nSPS) is 10.7. The molecule has 3 aromatic rings. The first-order valence-electron chi connectivity index (χ1n) is 6.24. The third-order valence-electron chi connectivity index (χ3n) is 3.03. The van der Waals surface area contributed by atoms with Crippen LogP contribution in [0.3, 0.4) is 0 Å². The van der Waals surface area contributed by atoms with E-state index >= 15 is 0 Å². The molecule has 0 spiro atoms. The summed E-state index contributed by atoms with van der Waals surface area (Å²) in [5, 5.41) is 14.5. The number of fused-ring (bicyclic) bond motifs is 1. The van der Waals surface area contributed by atoms with Crippen LogP contribution in [0, 0.1) is 10.1 Å². The van der Waals surface area contributed by atoms with Gasteiger partial charge in [0.05, 0.1) is 16.0 Å². The highest BCUT2D eigenvalue weighted by Gasteiger charge is 2.07. The van der Waals surface area contributed by atoms with E-state index < -0.39 is 4.92 Å². The van der Waals surface area contributed by atoms with Crippen molar-refractivity contribution in [2.75, 3.05) is 5.32 Å². The van der Waals surface area contributed by atoms with Crippen LogP contribution in [-0.4, -0.2) is 14.9 Å². The van der Waals surface area contributed by atoms with E-state index in [1.165, 1.54) is 12.1 Å². The van der Waals surface area contributed by atoms with Crippen LogP contribution in [0.15, 0.2) is 42.5 Å². The van der Waals surface area contributed by atoms with E-state index in [0.29, 0.717) is 17.5 Å². The van der Waals surface area contributed by atoms with Crippen molar-refractivity contribution in [1.82, 2.24) is 9.97 Å². The maximum Gasteiger partial charge on any atom is 0.269 e. The summed E-state index contributed by atoms with van der Waals surface area (Å²) in [6.45, 7) is 0.440. The molecule has 0 fully saturated rings. The van der Waals surface area contributed by atoms with Crippen molar-refractivity contribution >= 4 is 34.3 Å². The van der Waals surface area contributed by atoms with Crippen molar-refractivity contribution in [2.24, 2.45) is 0 Å². The van der Waals surface area contributed by atoms with Crippen LogP contribution >= 0.6 is 11.6 Å². The highest BCUT2D eigenvalue weighted by molar-refractivity contribution is 6.31. The third kappa shape index (κ3) is 2.95. The lowest BCUT2D eigenvalue weighted by Gasteiger charge is -2.02. The fourth-order valence-corrected chi connectivity index (χ4v) is 2.20. The molecule has 2 aromatic carbocycles. The van der Waals surface area contributed by atoms with Crippen molar-refractivity contribution in [3.8, 4) is 0 Å². The van der Waals surface area contributed by atoms with Gasteiger partial charge >= 0.3 is 0 Å². The Kier molecular flexibility index (Phi) is 3.45. The molecule has 0 atom stereocenters. The number of imidazole rings is 1. The minimum atomic E-state index is -0.410. The van der Waals surface area contributed by atoms with Crippen molar-refractivity contribution in [3.63, 3.8) is 0 Å². The Morgan fingerprint density at radius 3 is 2.95 bits per heavy atom. The molecule has 0 aliphatic carbocycles. The number of aromatic nitrogens is 2. The Balaban J connectivity index is 1.77. The number of aromatic amines is 1. The highest BCUT2D eigenvalue weighted by atomic mass is 35.5. The lowest BCUT2D eigenvalue weighted by molar-refractivity contribution is -0.384. The lowest BCUT2D eigenvalue weighted by atomic mass is 10.2. The van der Waals surface area contributed by atoms with Gasteiger partial charge in [-0.3, -0.25) is 10.1 Å². The van der Waals surface area contributed by atoms with E-state index in [1.807, 2.05) is 12.1 Å². The number of nitro benzene ring substituents is 1. The van der Waals surface area contributed by atoms with Crippen molar-refractivity contribution in [2.45, 2.75) is 6.54 Å². The van der Waals surface area contributed by atoms with Gasteiger partial charge in [-0.2, -0.15) is 0 Å². The van der Waals surface area contributed by atoms with E-state index in [2.05, 4.69) is 15.3 Å². The molecule has 2 N–H and O–H groups in total. The number of hydrogen-bond acceptors (Lipinski definition) is 4. The van der Waals surface area contributed by atoms with Crippen LogP contribution in [0.25, 0.3) is 11.0 Å². The number of anilines is 1. The lowest BCUT2D eigenvalue weighted by Crippen LogP contribution is -2.01. The Morgan fingerprint density at radius 1 is 1.29 bits per heavy atom. The minimum Gasteiger partial charge on any atom is -0.352 e. The molecule has 3 rings (SSSR count). The molecular weight excluding hydrogens is 292 g/mol. The molecule has 106 valence electrons. The average Bonchev–Trinajstić information content (AvgIpc) is 2.87. The van der Waals surface area contributed by atoms with E-state index in [1.54, 1.807) is 18.2 Å². The maximum absolute atomic E-state index is 10.7. The Labute approximate surface area is 124 Å². The molecular formula is C14H11ClN4O2. The molecule has 0 saturated carbocycles. The summed E-state index contributed by atoms with van der Waals surface area (Å²) in [5.74, 6) is 0.596. The van der Waals surface area contributed by atoms with Gasteiger partial charge in [-0.15, -0.1) is 0 Å². The molecule has 1 heterocycles. The summed E-state index contributed by atoms with van der Waals surface area (Å²) < 4.78 is 0. The predicted molar refractivity (Wildman–Crippen MR) is 81.5 cm³/mol. The first-order chi connectivity index (χ1) is 10.1. The van der Waals surface area contributed by atoms with Gasteiger partial charge in [0.1, 0.15) is 0 Å². The second kappa shape index (κ2) is 5.41. The molecule has 6 nitrogen and oxygen atoms in total. The minimum absolute atomic E-state index is 0.0747. The Morgan fingerprint density at radius 2 is 2.14 bits per heavy atom. The fraction of sp³-hybridized carbons (Fsp3) is 0.0714. The number of nitrogens with zero attached hydrogens (tertiary/aromatic N) is 2. The summed E-state index contributed by atoms with van der Waals surface area (Å²) in [6, 6.07) is 11.9. The molecule has 0 unspecified atom stereocenters. The summed E-state index contributed by atoms with van der Waals surface area (Å²) in [7, 11) is 0. The maximum atomic E-state index is 10.7. The molecule has 0 bridgehead atoms. The molecule has 0 amide bonds. The van der Waals surface area contributed by atoms with E-state index in [9.17, 15) is 10.1 Å². The second-order valence-corrected chi connectivity index (χ2v) is 4.96. The zero-order valence-corrected chi connectivity index (χ0v) is 11.6. The molecule has 21 heavy (non-hydrogen) atoms. The summed E-state index contributed by atoms with van der Waals surface area (Å²) >= 11 is 5.92. The SMILES string of the molecule is O=[N+]([O-])c1cccc(CNc2nc3ccc(Cl)cc3[nH]2)c1. The molecule has 0 aliphatic rings. The van der Waals surface area contributed by atoms with Gasteiger partial charge in [-0.1, -0.05) is 23.7 Å². The summed E-state index contributed by atoms with van der Waals surface area (Å²) in [4.78, 5) is 17.8. The largest absolute Gasteiger partial charge is 0.352 e. The molecule has 7 heteroatoms. The van der Waals surface area contributed by atoms with Crippen LogP contribution in [-0.2, 0) is 6.54 Å². The predicted octanol–water partition coefficient (Wildman–Crippen LogP) is 3.74. The zero-order valence-electron chi connectivity index (χ0n) is 10.8. The van der Waals surface area contributed by atoms with E-state index in [0.717, 1.165) is 16.6 Å². The highest BCUT2D eigenvalue weighted by Crippen LogP contribution is 2.19. The first-order valence-corrected chi connectivity index (χ1v) is 6.62. The van der Waals surface area contributed by atoms with E-state index in [-0.39, 0.29) is 5.69 Å². The first kappa shape index (κ1) is 13.4. The van der Waals surface area contributed by atoms with Crippen LogP contribution in [0.2, 0.25) is 5.02 Å². The fourth-order valence-electron chi connectivity index (χ4n) is 2.03. The number of nitrogens with one attached hydrogen (secondary N) is 2.